The van der Waals surface area contributed by atoms with Crippen LogP contribution >= 0.6 is 0 Å². The van der Waals surface area contributed by atoms with Gasteiger partial charge in [0, 0.05) is 37.8 Å². The van der Waals surface area contributed by atoms with Gasteiger partial charge >= 0.3 is 0 Å². The van der Waals surface area contributed by atoms with E-state index in [9.17, 15) is 0 Å². The van der Waals surface area contributed by atoms with Gasteiger partial charge in [0.2, 0.25) is 0 Å². The number of aromatic nitrogens is 6. The third kappa shape index (κ3) is 2.83. The molecule has 27 heavy (non-hydrogen) atoms. The van der Waals surface area contributed by atoms with Gasteiger partial charge in [-0.3, -0.25) is 4.98 Å². The Morgan fingerprint density at radius 1 is 0.889 bits per heavy atom. The molecular weight excluding hydrogens is 340 g/mol. The summed E-state index contributed by atoms with van der Waals surface area (Å²) in [5, 5.41) is 5.76. The quantitative estimate of drug-likeness (QED) is 0.541. The standard InChI is InChI=1S/C19H20N8/c1-13-12-27-17(21-13)3-4-18(24-27)25-7-9-26(10-8-25)19-15-5-6-20-11-16(15)22-14(2)23-19/h3-6,11-12H,7-10H2,1-2H3. The molecule has 1 saturated heterocycles. The maximum atomic E-state index is 4.71. The molecule has 0 bridgehead atoms. The molecule has 5 heterocycles. The molecule has 5 rings (SSSR count). The van der Waals surface area contributed by atoms with Crippen LogP contribution in [0, 0.1) is 13.8 Å². The number of imidazole rings is 1. The van der Waals surface area contributed by atoms with Crippen molar-refractivity contribution in [1.29, 1.82) is 0 Å². The molecule has 4 aromatic rings. The fraction of sp³-hybridized carbons (Fsp3) is 0.316. The number of pyridine rings is 1. The summed E-state index contributed by atoms with van der Waals surface area (Å²) in [6, 6.07) is 6.07. The number of anilines is 2. The minimum Gasteiger partial charge on any atom is -0.352 e. The van der Waals surface area contributed by atoms with E-state index in [1.165, 1.54) is 0 Å². The van der Waals surface area contributed by atoms with Crippen molar-refractivity contribution in [2.24, 2.45) is 0 Å². The third-order valence-corrected chi connectivity index (χ3v) is 4.92. The van der Waals surface area contributed by atoms with Crippen LogP contribution < -0.4 is 9.80 Å². The monoisotopic (exact) mass is 360 g/mol. The second kappa shape index (κ2) is 6.15. The van der Waals surface area contributed by atoms with E-state index in [4.69, 9.17) is 10.1 Å². The molecule has 8 nitrogen and oxygen atoms in total. The van der Waals surface area contributed by atoms with Gasteiger partial charge in [-0.15, -0.1) is 5.10 Å². The normalized spacial score (nSPS) is 15.0. The van der Waals surface area contributed by atoms with E-state index in [1.807, 2.05) is 42.8 Å². The van der Waals surface area contributed by atoms with Crippen molar-refractivity contribution in [1.82, 2.24) is 29.5 Å². The first kappa shape index (κ1) is 15.9. The van der Waals surface area contributed by atoms with E-state index >= 15 is 0 Å². The highest BCUT2D eigenvalue weighted by Crippen LogP contribution is 2.25. The molecular formula is C19H20N8. The number of rotatable bonds is 2. The first-order valence-corrected chi connectivity index (χ1v) is 9.09. The molecule has 1 aliphatic rings. The molecule has 0 aliphatic carbocycles. The predicted molar refractivity (Wildman–Crippen MR) is 104 cm³/mol. The summed E-state index contributed by atoms with van der Waals surface area (Å²) in [6.07, 6.45) is 5.56. The fourth-order valence-electron chi connectivity index (χ4n) is 3.62. The van der Waals surface area contributed by atoms with E-state index in [-0.39, 0.29) is 0 Å². The Morgan fingerprint density at radius 2 is 1.70 bits per heavy atom. The van der Waals surface area contributed by atoms with Crippen molar-refractivity contribution in [3.05, 3.63) is 48.3 Å². The number of nitrogens with zero attached hydrogens (tertiary/aromatic N) is 8. The number of piperazine rings is 1. The first-order chi connectivity index (χ1) is 13.2. The number of fused-ring (bicyclic) bond motifs is 2. The van der Waals surface area contributed by atoms with Crippen molar-refractivity contribution in [3.8, 4) is 0 Å². The molecule has 0 spiro atoms. The van der Waals surface area contributed by atoms with Crippen LogP contribution in [0.1, 0.15) is 11.5 Å². The summed E-state index contributed by atoms with van der Waals surface area (Å²) in [7, 11) is 0. The van der Waals surface area contributed by atoms with Crippen molar-refractivity contribution < 1.29 is 0 Å². The van der Waals surface area contributed by atoms with Crippen LogP contribution in [0.15, 0.2) is 36.8 Å². The fourth-order valence-corrected chi connectivity index (χ4v) is 3.62. The lowest BCUT2D eigenvalue weighted by Gasteiger charge is -2.36. The Bertz CT molecular complexity index is 1130. The molecule has 1 fully saturated rings. The van der Waals surface area contributed by atoms with Gasteiger partial charge in [-0.25, -0.2) is 19.5 Å². The molecule has 4 aromatic heterocycles. The second-order valence-corrected chi connectivity index (χ2v) is 6.84. The van der Waals surface area contributed by atoms with Crippen molar-refractivity contribution in [2.45, 2.75) is 13.8 Å². The van der Waals surface area contributed by atoms with Gasteiger partial charge in [0.25, 0.3) is 0 Å². The van der Waals surface area contributed by atoms with E-state index in [2.05, 4.69) is 24.8 Å². The van der Waals surface area contributed by atoms with Crippen LogP contribution in [0.5, 0.6) is 0 Å². The van der Waals surface area contributed by atoms with Gasteiger partial charge in [0.15, 0.2) is 5.65 Å². The SMILES string of the molecule is Cc1cn2nc(N3CCN(c4nc(C)nc5cnccc45)CC3)ccc2n1. The van der Waals surface area contributed by atoms with E-state index in [1.54, 1.807) is 12.4 Å². The predicted octanol–water partition coefficient (Wildman–Crippen LogP) is 2.01. The summed E-state index contributed by atoms with van der Waals surface area (Å²) in [5.74, 6) is 2.75. The largest absolute Gasteiger partial charge is 0.352 e. The first-order valence-electron chi connectivity index (χ1n) is 9.09. The second-order valence-electron chi connectivity index (χ2n) is 6.84. The Kier molecular flexibility index (Phi) is 3.63. The Hall–Kier alpha value is -3.29. The molecule has 136 valence electrons. The smallest absolute Gasteiger partial charge is 0.153 e. The Morgan fingerprint density at radius 3 is 2.56 bits per heavy atom. The summed E-state index contributed by atoms with van der Waals surface area (Å²) in [5.41, 5.74) is 2.75. The summed E-state index contributed by atoms with van der Waals surface area (Å²) >= 11 is 0. The highest BCUT2D eigenvalue weighted by atomic mass is 15.4. The molecule has 0 atom stereocenters. The highest BCUT2D eigenvalue weighted by molar-refractivity contribution is 5.88. The topological polar surface area (TPSA) is 75.3 Å². The Balaban J connectivity index is 1.40. The van der Waals surface area contributed by atoms with E-state index in [0.717, 1.165) is 65.9 Å². The molecule has 0 amide bonds. The molecule has 0 saturated carbocycles. The molecule has 1 aliphatic heterocycles. The molecule has 8 heteroatoms. The van der Waals surface area contributed by atoms with E-state index < -0.39 is 0 Å². The van der Waals surface area contributed by atoms with Crippen LogP contribution in [-0.4, -0.2) is 55.7 Å². The maximum absolute atomic E-state index is 4.71. The molecule has 0 unspecified atom stereocenters. The van der Waals surface area contributed by atoms with E-state index in [0.29, 0.717) is 0 Å². The van der Waals surface area contributed by atoms with Gasteiger partial charge in [0.05, 0.1) is 23.6 Å². The van der Waals surface area contributed by atoms with Crippen molar-refractivity contribution in [3.63, 3.8) is 0 Å². The van der Waals surface area contributed by atoms with Crippen LogP contribution in [0.2, 0.25) is 0 Å². The minimum atomic E-state index is 0.774. The summed E-state index contributed by atoms with van der Waals surface area (Å²) in [4.78, 5) is 22.5. The van der Waals surface area contributed by atoms with Crippen molar-refractivity contribution >= 4 is 28.2 Å². The minimum absolute atomic E-state index is 0.774. The zero-order chi connectivity index (χ0) is 18.4. The molecule has 0 aromatic carbocycles. The maximum Gasteiger partial charge on any atom is 0.153 e. The van der Waals surface area contributed by atoms with Gasteiger partial charge in [-0.2, -0.15) is 0 Å². The number of hydrogen-bond donors (Lipinski definition) is 0. The number of hydrogen-bond acceptors (Lipinski definition) is 7. The number of aryl methyl sites for hydroxylation is 2. The summed E-state index contributed by atoms with van der Waals surface area (Å²) < 4.78 is 1.85. The van der Waals surface area contributed by atoms with Gasteiger partial charge in [-0.05, 0) is 32.0 Å². The average Bonchev–Trinajstić information content (AvgIpc) is 3.06. The Labute approximate surface area is 156 Å². The van der Waals surface area contributed by atoms with Gasteiger partial charge in [0.1, 0.15) is 17.5 Å². The highest BCUT2D eigenvalue weighted by Gasteiger charge is 2.21. The molecule has 0 N–H and O–H groups in total. The van der Waals surface area contributed by atoms with Crippen molar-refractivity contribution in [2.75, 3.05) is 36.0 Å². The zero-order valence-corrected chi connectivity index (χ0v) is 15.4. The average molecular weight is 360 g/mol. The van der Waals surface area contributed by atoms with Gasteiger partial charge in [-0.1, -0.05) is 0 Å². The van der Waals surface area contributed by atoms with Gasteiger partial charge < -0.3 is 9.80 Å². The third-order valence-electron chi connectivity index (χ3n) is 4.92. The van der Waals surface area contributed by atoms with Crippen LogP contribution in [0.3, 0.4) is 0 Å². The van der Waals surface area contributed by atoms with Crippen LogP contribution in [-0.2, 0) is 0 Å². The van der Waals surface area contributed by atoms with Crippen LogP contribution in [0.25, 0.3) is 16.6 Å². The lowest BCUT2D eigenvalue weighted by molar-refractivity contribution is 0.637. The lowest BCUT2D eigenvalue weighted by atomic mass is 10.2. The van der Waals surface area contributed by atoms with Crippen LogP contribution in [0.4, 0.5) is 11.6 Å². The lowest BCUT2D eigenvalue weighted by Crippen LogP contribution is -2.47. The summed E-state index contributed by atoms with van der Waals surface area (Å²) in [6.45, 7) is 7.46. The zero-order valence-electron chi connectivity index (χ0n) is 15.4. The molecule has 0 radical (unpaired) electrons.